The Labute approximate surface area is 228 Å². The molecule has 1 fully saturated rings. The fourth-order valence-electron chi connectivity index (χ4n) is 4.92. The molecule has 12 heteroatoms. The van der Waals surface area contributed by atoms with Gasteiger partial charge < -0.3 is 10.2 Å². The predicted molar refractivity (Wildman–Crippen MR) is 142 cm³/mol. The van der Waals surface area contributed by atoms with Gasteiger partial charge in [-0.05, 0) is 68.5 Å². The third kappa shape index (κ3) is 5.04. The second-order valence-corrected chi connectivity index (χ2v) is 9.40. The second-order valence-electron chi connectivity index (χ2n) is 9.40. The van der Waals surface area contributed by atoms with E-state index in [1.54, 1.807) is 42.6 Å². The summed E-state index contributed by atoms with van der Waals surface area (Å²) in [5, 5.41) is 2.39. The Morgan fingerprint density at radius 3 is 2.67 bits per heavy atom. The summed E-state index contributed by atoms with van der Waals surface area (Å²) in [5.74, 6) is 11.5. The monoisotopic (exact) mass is 548 g/mol. The Balaban J connectivity index is 1.42. The fraction of sp³-hybridized carbons (Fsp3) is 0.250. The number of piperidine rings is 1. The number of anilines is 1. The van der Waals surface area contributed by atoms with E-state index in [1.165, 1.54) is 12.1 Å². The van der Waals surface area contributed by atoms with Crippen LogP contribution in [0, 0.1) is 11.8 Å². The van der Waals surface area contributed by atoms with Crippen molar-refractivity contribution in [3.05, 3.63) is 83.1 Å². The number of nitrogens with one attached hydrogen (secondary N) is 1. The van der Waals surface area contributed by atoms with Crippen LogP contribution in [0.5, 0.6) is 0 Å². The van der Waals surface area contributed by atoms with Gasteiger partial charge in [0.1, 0.15) is 17.7 Å². The smallest absolute Gasteiger partial charge is 0.323 e. The van der Waals surface area contributed by atoms with Crippen molar-refractivity contribution in [3.8, 4) is 11.8 Å². The van der Waals surface area contributed by atoms with Crippen molar-refractivity contribution in [1.82, 2.24) is 9.88 Å². The number of rotatable bonds is 4. The van der Waals surface area contributed by atoms with Gasteiger partial charge in [-0.25, -0.2) is 4.98 Å². The van der Waals surface area contributed by atoms with Crippen molar-refractivity contribution in [3.63, 3.8) is 0 Å². The standard InChI is InChI=1S/C28H24F3N7O2/c1-2-5-24(39)37-14-4-3-6-21(37)25-22-17-33-13-15-38(22,32)26(36-25)18-7-9-19(10-8-18)27(40)35-23-16-20(11-12-34-23)28(29,30)31/h7-13,15-17,21H,3-4,6,14,32H2,1H3/p+1. The number of benzene rings is 1. The maximum absolute atomic E-state index is 13.0. The molecule has 204 valence electrons. The van der Waals surface area contributed by atoms with Crippen LogP contribution in [0.15, 0.2) is 76.4 Å². The number of alkyl halides is 3. The quantitative estimate of drug-likeness (QED) is 0.342. The number of aliphatic imine (C=N–C) groups is 2. The van der Waals surface area contributed by atoms with E-state index < -0.39 is 17.6 Å². The molecule has 5 rings (SSSR count). The molecule has 3 N–H and O–H groups in total. The van der Waals surface area contributed by atoms with Gasteiger partial charge in [-0.1, -0.05) is 5.92 Å². The molecule has 2 aromatic rings. The summed E-state index contributed by atoms with van der Waals surface area (Å²) in [4.78, 5) is 40.2. The first-order valence-corrected chi connectivity index (χ1v) is 12.5. The minimum atomic E-state index is -4.56. The van der Waals surface area contributed by atoms with Gasteiger partial charge in [0.25, 0.3) is 17.6 Å². The normalized spacial score (nSPS) is 21.9. The summed E-state index contributed by atoms with van der Waals surface area (Å²) in [7, 11) is 0. The van der Waals surface area contributed by atoms with Gasteiger partial charge in [-0.3, -0.25) is 14.6 Å². The number of hydrogen-bond acceptors (Lipinski definition) is 6. The van der Waals surface area contributed by atoms with E-state index >= 15 is 0 Å². The number of carbonyl (C=O) groups is 2. The fourth-order valence-corrected chi connectivity index (χ4v) is 4.92. The molecule has 1 saturated heterocycles. The zero-order chi connectivity index (χ0) is 28.5. The number of pyridine rings is 1. The van der Waals surface area contributed by atoms with Crippen LogP contribution in [0.4, 0.5) is 19.0 Å². The molecule has 3 aliphatic heterocycles. The van der Waals surface area contributed by atoms with E-state index in [-0.39, 0.29) is 27.9 Å². The molecule has 3 aliphatic rings. The Morgan fingerprint density at radius 1 is 1.18 bits per heavy atom. The van der Waals surface area contributed by atoms with Gasteiger partial charge in [0.15, 0.2) is 0 Å². The number of amidine groups is 1. The number of aromatic nitrogens is 1. The van der Waals surface area contributed by atoms with Crippen LogP contribution in [-0.2, 0) is 11.0 Å². The first-order chi connectivity index (χ1) is 19.1. The molecule has 0 saturated carbocycles. The Bertz CT molecular complexity index is 1550. The maximum atomic E-state index is 13.0. The topological polar surface area (TPSA) is 113 Å². The first-order valence-electron chi connectivity index (χ1n) is 12.5. The van der Waals surface area contributed by atoms with Gasteiger partial charge in [0, 0.05) is 18.3 Å². The molecule has 4 heterocycles. The lowest BCUT2D eigenvalue weighted by Gasteiger charge is -2.34. The zero-order valence-electron chi connectivity index (χ0n) is 21.4. The molecule has 0 bridgehead atoms. The summed E-state index contributed by atoms with van der Waals surface area (Å²) in [6, 6.07) is 7.65. The number of halogens is 3. The molecule has 9 nitrogen and oxygen atoms in total. The van der Waals surface area contributed by atoms with Crippen LogP contribution in [0.3, 0.4) is 0 Å². The van der Waals surface area contributed by atoms with E-state index in [9.17, 15) is 22.8 Å². The average molecular weight is 549 g/mol. The highest BCUT2D eigenvalue weighted by molar-refractivity contribution is 6.05. The van der Waals surface area contributed by atoms with Crippen LogP contribution in [0.25, 0.3) is 0 Å². The average Bonchev–Trinajstić information content (AvgIpc) is 3.25. The van der Waals surface area contributed by atoms with Crippen molar-refractivity contribution in [2.45, 2.75) is 38.4 Å². The predicted octanol–water partition coefficient (Wildman–Crippen LogP) is 3.98. The van der Waals surface area contributed by atoms with Crippen LogP contribution in [0.2, 0.25) is 0 Å². The van der Waals surface area contributed by atoms with Crippen LogP contribution < -0.4 is 11.2 Å². The van der Waals surface area contributed by atoms with Crippen molar-refractivity contribution in [1.29, 1.82) is 0 Å². The van der Waals surface area contributed by atoms with Gasteiger partial charge in [-0.15, -0.1) is 4.59 Å². The van der Waals surface area contributed by atoms with Gasteiger partial charge >= 0.3 is 6.18 Å². The van der Waals surface area contributed by atoms with Gasteiger partial charge in [-0.2, -0.15) is 24.0 Å². The van der Waals surface area contributed by atoms with Crippen molar-refractivity contribution < 1.29 is 27.4 Å². The SMILES string of the molecule is CC#CC(=O)N1CCCCC1C1=C2C=NC=C[N+]2(N)C(c2ccc(C(=O)Nc3cc(C(F)(F)F)ccn3)cc2)=N1. The number of carbonyl (C=O) groups excluding carboxylic acids is 2. The van der Waals surface area contributed by atoms with E-state index in [1.807, 2.05) is 0 Å². The number of quaternary nitrogens is 1. The highest BCUT2D eigenvalue weighted by atomic mass is 19.4. The Kier molecular flexibility index (Phi) is 7.10. The first kappa shape index (κ1) is 27.0. The lowest BCUT2D eigenvalue weighted by molar-refractivity contribution is -0.750. The number of likely N-dealkylation sites (tertiary alicyclic amines) is 1. The molecule has 1 aromatic carbocycles. The Hall–Kier alpha value is -4.60. The minimum absolute atomic E-state index is 0.205. The number of allylic oxidation sites excluding steroid dienone is 1. The molecule has 0 radical (unpaired) electrons. The number of amides is 2. The van der Waals surface area contributed by atoms with E-state index in [0.29, 0.717) is 35.8 Å². The van der Waals surface area contributed by atoms with E-state index in [2.05, 4.69) is 27.1 Å². The van der Waals surface area contributed by atoms with Crippen molar-refractivity contribution in [2.24, 2.45) is 15.8 Å². The third-order valence-electron chi connectivity index (χ3n) is 6.87. The molecule has 0 spiro atoms. The summed E-state index contributed by atoms with van der Waals surface area (Å²) in [6.07, 6.45) is 3.79. The van der Waals surface area contributed by atoms with Gasteiger partial charge in [0.05, 0.1) is 29.6 Å². The maximum Gasteiger partial charge on any atom is 0.416 e. The highest BCUT2D eigenvalue weighted by Crippen LogP contribution is 2.36. The lowest BCUT2D eigenvalue weighted by Crippen LogP contribution is -2.53. The number of nitrogens with zero attached hydrogens (tertiary/aromatic N) is 5. The van der Waals surface area contributed by atoms with Crippen LogP contribution in [-0.4, -0.2) is 50.9 Å². The molecule has 40 heavy (non-hydrogen) atoms. The summed E-state index contributed by atoms with van der Waals surface area (Å²) < 4.78 is 38.8. The summed E-state index contributed by atoms with van der Waals surface area (Å²) >= 11 is 0. The van der Waals surface area contributed by atoms with Crippen LogP contribution in [0.1, 0.15) is 47.7 Å². The summed E-state index contributed by atoms with van der Waals surface area (Å²) in [5.41, 5.74) is 1.17. The second kappa shape index (κ2) is 10.5. The molecular weight excluding hydrogens is 523 g/mol. The van der Waals surface area contributed by atoms with Crippen LogP contribution >= 0.6 is 0 Å². The number of nitrogens with two attached hydrogens (primary N) is 1. The Morgan fingerprint density at radius 2 is 1.95 bits per heavy atom. The lowest BCUT2D eigenvalue weighted by atomic mass is 9.98. The summed E-state index contributed by atoms with van der Waals surface area (Å²) in [6.45, 7) is 2.17. The molecule has 2 amide bonds. The third-order valence-corrected chi connectivity index (χ3v) is 6.87. The van der Waals surface area contributed by atoms with E-state index in [4.69, 9.17) is 10.8 Å². The zero-order valence-corrected chi connectivity index (χ0v) is 21.4. The molecule has 0 aliphatic carbocycles. The van der Waals surface area contributed by atoms with E-state index in [0.717, 1.165) is 31.2 Å². The number of hydrogen-bond donors (Lipinski definition) is 2. The molecule has 1 aromatic heterocycles. The van der Waals surface area contributed by atoms with Crippen molar-refractivity contribution in [2.75, 3.05) is 11.9 Å². The number of fused-ring (bicyclic) bond motifs is 1. The highest BCUT2D eigenvalue weighted by Gasteiger charge is 2.47. The molecular formula is C28H25F3N7O2+. The largest absolute Gasteiger partial charge is 0.416 e. The van der Waals surface area contributed by atoms with Gasteiger partial charge in [0.2, 0.25) is 5.70 Å². The minimum Gasteiger partial charge on any atom is -0.323 e. The molecule has 2 atom stereocenters. The van der Waals surface area contributed by atoms with Crippen molar-refractivity contribution >= 4 is 29.7 Å². The molecule has 2 unspecified atom stereocenters.